The molecule has 0 radical (unpaired) electrons. The summed E-state index contributed by atoms with van der Waals surface area (Å²) in [7, 11) is 0. The van der Waals surface area contributed by atoms with Crippen LogP contribution in [0.1, 0.15) is 39.0 Å². The monoisotopic (exact) mass is 455 g/mol. The van der Waals surface area contributed by atoms with E-state index >= 15 is 0 Å². The fourth-order valence-electron chi connectivity index (χ4n) is 3.16. The molecule has 1 aliphatic rings. The van der Waals surface area contributed by atoms with E-state index in [-0.39, 0.29) is 43.6 Å². The number of unbranched alkanes of at least 4 members (excludes halogenated alkanes) is 1. The van der Waals surface area contributed by atoms with Crippen LogP contribution in [0, 0.1) is 17.2 Å². The third-order valence-electron chi connectivity index (χ3n) is 5.14. The fraction of sp³-hybridized carbons (Fsp3) is 0.810. The first-order valence-electron chi connectivity index (χ1n) is 11.2. The Morgan fingerprint density at radius 3 is 2.66 bits per heavy atom. The van der Waals surface area contributed by atoms with Gasteiger partial charge in [-0.1, -0.05) is 6.92 Å². The quantitative estimate of drug-likeness (QED) is 0.213. The normalized spacial score (nSPS) is 17.4. The summed E-state index contributed by atoms with van der Waals surface area (Å²) < 4.78 is 10.5. The Morgan fingerprint density at radius 1 is 1.19 bits per heavy atom. The average Bonchev–Trinajstić information content (AvgIpc) is 3.27. The maximum atomic E-state index is 12.3. The molecule has 1 rings (SSSR count). The molecule has 1 aliphatic heterocycles. The van der Waals surface area contributed by atoms with Gasteiger partial charge in [0.1, 0.15) is 12.6 Å². The van der Waals surface area contributed by atoms with Gasteiger partial charge in [0.05, 0.1) is 44.5 Å². The molecule has 1 heterocycles. The molecule has 182 valence electrons. The van der Waals surface area contributed by atoms with E-state index in [1.807, 2.05) is 0 Å². The number of nitrogens with zero attached hydrogens (tertiary/aromatic N) is 2. The van der Waals surface area contributed by atoms with Crippen LogP contribution in [0.25, 0.3) is 0 Å². The molecule has 1 saturated heterocycles. The van der Waals surface area contributed by atoms with E-state index in [1.54, 1.807) is 11.8 Å². The predicted octanol–water partition coefficient (Wildman–Crippen LogP) is -1.11. The minimum absolute atomic E-state index is 0.0728. The minimum Gasteiger partial charge on any atom is -0.396 e. The van der Waals surface area contributed by atoms with E-state index in [2.05, 4.69) is 16.7 Å². The van der Waals surface area contributed by atoms with E-state index < -0.39 is 12.0 Å². The van der Waals surface area contributed by atoms with Crippen LogP contribution in [0.15, 0.2) is 0 Å². The highest BCUT2D eigenvalue weighted by Crippen LogP contribution is 2.18. The van der Waals surface area contributed by atoms with Gasteiger partial charge >= 0.3 is 0 Å². The number of aliphatic hydroxyl groups excluding tert-OH is 1. The van der Waals surface area contributed by atoms with Crippen molar-refractivity contribution >= 4 is 17.7 Å². The minimum atomic E-state index is -0.616. The molecule has 3 atom stereocenters. The molecular formula is C21H37N5O6. The van der Waals surface area contributed by atoms with Gasteiger partial charge in [0.25, 0.3) is 0 Å². The fourth-order valence-corrected chi connectivity index (χ4v) is 3.16. The van der Waals surface area contributed by atoms with Gasteiger partial charge in [0.15, 0.2) is 0 Å². The number of amides is 3. The molecule has 5 N–H and O–H groups in total. The second-order valence-electron chi connectivity index (χ2n) is 7.81. The largest absolute Gasteiger partial charge is 0.396 e. The van der Waals surface area contributed by atoms with Crippen molar-refractivity contribution in [3.8, 4) is 6.07 Å². The molecule has 0 aromatic rings. The lowest BCUT2D eigenvalue weighted by molar-refractivity contribution is -0.132. The van der Waals surface area contributed by atoms with Gasteiger partial charge in [-0.2, -0.15) is 5.26 Å². The van der Waals surface area contributed by atoms with E-state index in [1.165, 1.54) is 0 Å². The van der Waals surface area contributed by atoms with E-state index in [4.69, 9.17) is 25.6 Å². The van der Waals surface area contributed by atoms with Gasteiger partial charge in [-0.25, -0.2) is 0 Å². The summed E-state index contributed by atoms with van der Waals surface area (Å²) >= 11 is 0. The number of aliphatic hydroxyl groups is 1. The van der Waals surface area contributed by atoms with E-state index in [0.717, 1.165) is 6.42 Å². The molecule has 11 nitrogen and oxygen atoms in total. The number of nitrogens with two attached hydrogens (primary N) is 1. The molecule has 32 heavy (non-hydrogen) atoms. The Kier molecular flexibility index (Phi) is 14.2. The second-order valence-corrected chi connectivity index (χ2v) is 7.81. The Labute approximate surface area is 189 Å². The van der Waals surface area contributed by atoms with Crippen molar-refractivity contribution in [1.29, 1.82) is 5.26 Å². The Balaban J connectivity index is 1.96. The van der Waals surface area contributed by atoms with Gasteiger partial charge in [-0.3, -0.25) is 14.4 Å². The van der Waals surface area contributed by atoms with E-state index in [9.17, 15) is 14.4 Å². The number of hydrogen-bond donors (Lipinski definition) is 4. The van der Waals surface area contributed by atoms with Gasteiger partial charge in [-0.05, 0) is 32.1 Å². The highest BCUT2D eigenvalue weighted by atomic mass is 16.5. The SMILES string of the molecule is C[C@@H](CO)C(=O)NCCOCCOCC(=O)NCCCCC(N)C(=O)N1CCC[C@H]1C#N. The maximum Gasteiger partial charge on any atom is 0.245 e. The third kappa shape index (κ3) is 10.9. The average molecular weight is 456 g/mol. The topological polar surface area (TPSA) is 167 Å². The number of ether oxygens (including phenoxy) is 2. The Bertz CT molecular complexity index is 626. The molecule has 0 aliphatic carbocycles. The zero-order chi connectivity index (χ0) is 23.8. The van der Waals surface area contributed by atoms with Crippen LogP contribution in [0.2, 0.25) is 0 Å². The summed E-state index contributed by atoms with van der Waals surface area (Å²) in [6.45, 7) is 3.64. The van der Waals surface area contributed by atoms with Crippen LogP contribution in [-0.2, 0) is 23.9 Å². The molecular weight excluding hydrogens is 418 g/mol. The highest BCUT2D eigenvalue weighted by Gasteiger charge is 2.31. The first kappa shape index (κ1) is 27.8. The van der Waals surface area contributed by atoms with Crippen LogP contribution in [-0.4, -0.2) is 92.5 Å². The molecule has 1 fully saturated rings. The lowest BCUT2D eigenvalue weighted by atomic mass is 10.1. The van der Waals surface area contributed by atoms with Crippen molar-refractivity contribution in [3.63, 3.8) is 0 Å². The molecule has 0 bridgehead atoms. The summed E-state index contributed by atoms with van der Waals surface area (Å²) in [6, 6.07) is 1.16. The number of nitriles is 1. The summed E-state index contributed by atoms with van der Waals surface area (Å²) in [5.74, 6) is -1.07. The number of likely N-dealkylation sites (tertiary alicyclic amines) is 1. The van der Waals surface area contributed by atoms with Crippen LogP contribution < -0.4 is 16.4 Å². The maximum absolute atomic E-state index is 12.3. The van der Waals surface area contributed by atoms with E-state index in [0.29, 0.717) is 58.5 Å². The number of carbonyl (C=O) groups excluding carboxylic acids is 3. The number of nitrogens with one attached hydrogen (secondary N) is 2. The molecule has 0 spiro atoms. The highest BCUT2D eigenvalue weighted by molar-refractivity contribution is 5.82. The number of carbonyl (C=O) groups is 3. The first-order valence-corrected chi connectivity index (χ1v) is 11.2. The first-order chi connectivity index (χ1) is 15.4. The van der Waals surface area contributed by atoms with Crippen molar-refractivity contribution in [3.05, 3.63) is 0 Å². The molecule has 3 amide bonds. The van der Waals surface area contributed by atoms with Crippen LogP contribution >= 0.6 is 0 Å². The summed E-state index contributed by atoms with van der Waals surface area (Å²) in [5.41, 5.74) is 5.96. The summed E-state index contributed by atoms with van der Waals surface area (Å²) in [5, 5.41) is 23.3. The molecule has 0 saturated carbocycles. The van der Waals surface area contributed by atoms with Crippen LogP contribution in [0.3, 0.4) is 0 Å². The van der Waals surface area contributed by atoms with Crippen LogP contribution in [0.4, 0.5) is 0 Å². The number of rotatable bonds is 16. The summed E-state index contributed by atoms with van der Waals surface area (Å²) in [4.78, 5) is 37.0. The summed E-state index contributed by atoms with van der Waals surface area (Å²) in [6.07, 6.45) is 3.44. The number of hydrogen-bond acceptors (Lipinski definition) is 8. The van der Waals surface area contributed by atoms with Gasteiger partial charge in [0.2, 0.25) is 17.7 Å². The second kappa shape index (κ2) is 16.4. The molecule has 0 aromatic heterocycles. The van der Waals surface area contributed by atoms with Gasteiger partial charge in [-0.15, -0.1) is 0 Å². The van der Waals surface area contributed by atoms with Gasteiger partial charge in [0, 0.05) is 19.6 Å². The van der Waals surface area contributed by atoms with Crippen LogP contribution in [0.5, 0.6) is 0 Å². The lowest BCUT2D eigenvalue weighted by Gasteiger charge is -2.23. The zero-order valence-electron chi connectivity index (χ0n) is 18.9. The standard InChI is InChI=1S/C21H37N5O6/c1-16(14-27)20(29)25-8-10-31-11-12-32-15-19(28)24-7-3-2-6-18(23)21(30)26-9-4-5-17(26)13-22/h16-18,27H,2-12,14-15,23H2,1H3,(H,24,28)(H,25,29)/t16-,17-,18?/m0/s1. The molecule has 1 unspecified atom stereocenters. The van der Waals surface area contributed by atoms with Gasteiger partial charge < -0.3 is 35.8 Å². The Hall–Kier alpha value is -2.26. The van der Waals surface area contributed by atoms with Crippen molar-refractivity contribution in [2.24, 2.45) is 11.7 Å². The lowest BCUT2D eigenvalue weighted by Crippen LogP contribution is -2.45. The zero-order valence-corrected chi connectivity index (χ0v) is 18.9. The predicted molar refractivity (Wildman–Crippen MR) is 116 cm³/mol. The smallest absolute Gasteiger partial charge is 0.245 e. The third-order valence-corrected chi connectivity index (χ3v) is 5.14. The Morgan fingerprint density at radius 2 is 1.94 bits per heavy atom. The molecule has 0 aromatic carbocycles. The van der Waals surface area contributed by atoms with Crippen molar-refractivity contribution in [1.82, 2.24) is 15.5 Å². The molecule has 11 heteroatoms. The van der Waals surface area contributed by atoms with Crippen molar-refractivity contribution < 1.29 is 29.0 Å². The van der Waals surface area contributed by atoms with Crippen molar-refractivity contribution in [2.75, 3.05) is 52.7 Å². The van der Waals surface area contributed by atoms with Crippen molar-refractivity contribution in [2.45, 2.75) is 51.1 Å².